The van der Waals surface area contributed by atoms with Crippen molar-refractivity contribution in [3.05, 3.63) is 29.3 Å². The number of aliphatic hydroxyl groups excluding tert-OH is 1. The van der Waals surface area contributed by atoms with Crippen LogP contribution in [0.15, 0.2) is 18.2 Å². The van der Waals surface area contributed by atoms with Crippen LogP contribution >= 0.6 is 0 Å². The van der Waals surface area contributed by atoms with Crippen molar-refractivity contribution in [1.82, 2.24) is 4.90 Å². The van der Waals surface area contributed by atoms with Crippen LogP contribution in [0.1, 0.15) is 18.1 Å². The number of carbonyl (C=O) groups is 1. The minimum absolute atomic E-state index is 0.0119. The zero-order valence-corrected chi connectivity index (χ0v) is 12.9. The molecule has 2 unspecified atom stereocenters. The van der Waals surface area contributed by atoms with Crippen molar-refractivity contribution >= 4 is 11.6 Å². The maximum absolute atomic E-state index is 12.2. The Kier molecular flexibility index (Phi) is 5.33. The summed E-state index contributed by atoms with van der Waals surface area (Å²) in [5.41, 5.74) is 3.19. The molecule has 2 atom stereocenters. The van der Waals surface area contributed by atoms with Crippen LogP contribution < -0.4 is 5.32 Å². The van der Waals surface area contributed by atoms with E-state index in [1.54, 1.807) is 0 Å². The van der Waals surface area contributed by atoms with E-state index < -0.39 is 0 Å². The van der Waals surface area contributed by atoms with Gasteiger partial charge in [-0.3, -0.25) is 9.69 Å². The highest BCUT2D eigenvalue weighted by molar-refractivity contribution is 5.92. The second kappa shape index (κ2) is 7.02. The number of benzene rings is 1. The van der Waals surface area contributed by atoms with Gasteiger partial charge in [-0.25, -0.2) is 0 Å². The Morgan fingerprint density at radius 2 is 2.19 bits per heavy atom. The zero-order chi connectivity index (χ0) is 15.4. The van der Waals surface area contributed by atoms with Gasteiger partial charge in [0.25, 0.3) is 0 Å². The lowest BCUT2D eigenvalue weighted by molar-refractivity contribution is -0.122. The first-order chi connectivity index (χ1) is 9.99. The number of aryl methyl sites for hydroxylation is 2. The largest absolute Gasteiger partial charge is 0.394 e. The summed E-state index contributed by atoms with van der Waals surface area (Å²) in [6.07, 6.45) is -0.199. The second-order valence-corrected chi connectivity index (χ2v) is 5.76. The van der Waals surface area contributed by atoms with E-state index in [0.717, 1.165) is 11.3 Å². The average Bonchev–Trinajstić information content (AvgIpc) is 2.45. The first kappa shape index (κ1) is 15.9. The number of amides is 1. The SMILES string of the molecule is Cc1ccc(NC(=O)CN2CC(CO)OCC2C)cc1C. The molecule has 1 aromatic rings. The topological polar surface area (TPSA) is 61.8 Å². The quantitative estimate of drug-likeness (QED) is 0.879. The molecule has 1 amide bonds. The van der Waals surface area contributed by atoms with E-state index in [2.05, 4.69) is 5.32 Å². The summed E-state index contributed by atoms with van der Waals surface area (Å²) in [7, 11) is 0. The van der Waals surface area contributed by atoms with E-state index in [4.69, 9.17) is 9.84 Å². The van der Waals surface area contributed by atoms with Crippen LogP contribution in [0.4, 0.5) is 5.69 Å². The molecule has 0 saturated carbocycles. The van der Waals surface area contributed by atoms with Gasteiger partial charge in [-0.05, 0) is 44.0 Å². The molecule has 0 aromatic heterocycles. The van der Waals surface area contributed by atoms with E-state index in [1.807, 2.05) is 43.9 Å². The number of ether oxygens (including phenoxy) is 1. The van der Waals surface area contributed by atoms with Gasteiger partial charge < -0.3 is 15.2 Å². The van der Waals surface area contributed by atoms with Gasteiger partial charge in [-0.1, -0.05) is 6.07 Å². The number of aliphatic hydroxyl groups is 1. The summed E-state index contributed by atoms with van der Waals surface area (Å²) in [6, 6.07) is 6.08. The van der Waals surface area contributed by atoms with Crippen molar-refractivity contribution in [2.75, 3.05) is 31.6 Å². The third kappa shape index (κ3) is 4.27. The van der Waals surface area contributed by atoms with Gasteiger partial charge in [0.15, 0.2) is 0 Å². The smallest absolute Gasteiger partial charge is 0.238 e. The average molecular weight is 292 g/mol. The van der Waals surface area contributed by atoms with Gasteiger partial charge in [-0.15, -0.1) is 0 Å². The minimum atomic E-state index is -0.199. The third-order valence-electron chi connectivity index (χ3n) is 3.98. The highest BCUT2D eigenvalue weighted by Crippen LogP contribution is 2.15. The molecular weight excluding hydrogens is 268 g/mol. The van der Waals surface area contributed by atoms with E-state index >= 15 is 0 Å². The predicted octanol–water partition coefficient (Wildman–Crippen LogP) is 1.32. The van der Waals surface area contributed by atoms with Crippen LogP contribution in [0.3, 0.4) is 0 Å². The van der Waals surface area contributed by atoms with Gasteiger partial charge >= 0.3 is 0 Å². The molecule has 1 heterocycles. The normalized spacial score (nSPS) is 23.0. The van der Waals surface area contributed by atoms with Gasteiger partial charge in [0.2, 0.25) is 5.91 Å². The van der Waals surface area contributed by atoms with E-state index in [9.17, 15) is 4.79 Å². The molecule has 0 bridgehead atoms. The summed E-state index contributed by atoms with van der Waals surface area (Å²) < 4.78 is 5.47. The lowest BCUT2D eigenvalue weighted by atomic mass is 10.1. The lowest BCUT2D eigenvalue weighted by Gasteiger charge is -2.36. The highest BCUT2D eigenvalue weighted by Gasteiger charge is 2.27. The third-order valence-corrected chi connectivity index (χ3v) is 3.98. The molecule has 21 heavy (non-hydrogen) atoms. The van der Waals surface area contributed by atoms with E-state index in [1.165, 1.54) is 5.56 Å². The van der Waals surface area contributed by atoms with Gasteiger partial charge in [0.05, 0.1) is 25.9 Å². The fourth-order valence-electron chi connectivity index (χ4n) is 2.41. The molecule has 1 saturated heterocycles. The first-order valence-corrected chi connectivity index (χ1v) is 7.33. The Labute approximate surface area is 125 Å². The van der Waals surface area contributed by atoms with Crippen LogP contribution in [-0.2, 0) is 9.53 Å². The number of carbonyl (C=O) groups excluding carboxylic acids is 1. The molecule has 1 fully saturated rings. The highest BCUT2D eigenvalue weighted by atomic mass is 16.5. The Hall–Kier alpha value is -1.43. The summed E-state index contributed by atoms with van der Waals surface area (Å²) >= 11 is 0. The number of nitrogens with one attached hydrogen (secondary N) is 1. The monoisotopic (exact) mass is 292 g/mol. The molecule has 2 N–H and O–H groups in total. The molecule has 0 radical (unpaired) electrons. The predicted molar refractivity (Wildman–Crippen MR) is 82.4 cm³/mol. The van der Waals surface area contributed by atoms with Crippen molar-refractivity contribution in [1.29, 1.82) is 0 Å². The Bertz CT molecular complexity index is 504. The van der Waals surface area contributed by atoms with Gasteiger partial charge in [0, 0.05) is 18.3 Å². The van der Waals surface area contributed by atoms with Gasteiger partial charge in [-0.2, -0.15) is 0 Å². The Morgan fingerprint density at radius 3 is 2.86 bits per heavy atom. The molecule has 0 aliphatic carbocycles. The lowest BCUT2D eigenvalue weighted by Crippen LogP contribution is -2.51. The van der Waals surface area contributed by atoms with Crippen molar-refractivity contribution in [2.24, 2.45) is 0 Å². The van der Waals surface area contributed by atoms with Crippen LogP contribution in [-0.4, -0.2) is 54.4 Å². The molecule has 2 rings (SSSR count). The van der Waals surface area contributed by atoms with E-state index in [-0.39, 0.29) is 24.7 Å². The number of hydrogen-bond donors (Lipinski definition) is 2. The fraction of sp³-hybridized carbons (Fsp3) is 0.562. The molecule has 5 heteroatoms. The van der Waals surface area contributed by atoms with Crippen LogP contribution in [0, 0.1) is 13.8 Å². The molecule has 1 aliphatic heterocycles. The number of hydrogen-bond acceptors (Lipinski definition) is 4. The van der Waals surface area contributed by atoms with E-state index in [0.29, 0.717) is 19.7 Å². The summed E-state index contributed by atoms with van der Waals surface area (Å²) in [5.74, 6) is -0.0382. The minimum Gasteiger partial charge on any atom is -0.394 e. The maximum Gasteiger partial charge on any atom is 0.238 e. The van der Waals surface area contributed by atoms with Crippen molar-refractivity contribution in [3.8, 4) is 0 Å². The number of nitrogens with zero attached hydrogens (tertiary/aromatic N) is 1. The summed E-state index contributed by atoms with van der Waals surface area (Å²) in [4.78, 5) is 14.2. The summed E-state index contributed by atoms with van der Waals surface area (Å²) in [5, 5.41) is 12.1. The van der Waals surface area contributed by atoms with Crippen molar-refractivity contribution in [3.63, 3.8) is 0 Å². The molecule has 1 aromatic carbocycles. The second-order valence-electron chi connectivity index (χ2n) is 5.76. The Morgan fingerprint density at radius 1 is 1.43 bits per heavy atom. The maximum atomic E-state index is 12.2. The van der Waals surface area contributed by atoms with Crippen LogP contribution in [0.2, 0.25) is 0 Å². The van der Waals surface area contributed by atoms with Crippen molar-refractivity contribution in [2.45, 2.75) is 32.9 Å². The number of anilines is 1. The standard InChI is InChI=1S/C16H24N2O3/c1-11-4-5-14(6-12(11)2)17-16(20)8-18-7-15(9-19)21-10-13(18)3/h4-6,13,15,19H,7-10H2,1-3H3,(H,17,20). The number of morpholine rings is 1. The molecule has 1 aliphatic rings. The van der Waals surface area contributed by atoms with Crippen LogP contribution in [0.5, 0.6) is 0 Å². The molecular formula is C16H24N2O3. The number of rotatable bonds is 4. The fourth-order valence-corrected chi connectivity index (χ4v) is 2.41. The van der Waals surface area contributed by atoms with Crippen molar-refractivity contribution < 1.29 is 14.6 Å². The zero-order valence-electron chi connectivity index (χ0n) is 12.9. The van der Waals surface area contributed by atoms with Gasteiger partial charge in [0.1, 0.15) is 0 Å². The van der Waals surface area contributed by atoms with Crippen LogP contribution in [0.25, 0.3) is 0 Å². The Balaban J connectivity index is 1.92. The first-order valence-electron chi connectivity index (χ1n) is 7.33. The molecule has 116 valence electrons. The molecule has 0 spiro atoms. The summed E-state index contributed by atoms with van der Waals surface area (Å²) in [6.45, 7) is 7.53. The molecule has 5 nitrogen and oxygen atoms in total.